The lowest BCUT2D eigenvalue weighted by Crippen LogP contribution is -2.45. The molecule has 2 fully saturated rings. The average molecular weight is 469 g/mol. The molecule has 0 radical (unpaired) electrons. The Morgan fingerprint density at radius 3 is 2.22 bits per heavy atom. The number of amides is 1. The maximum absolute atomic E-state index is 12.7. The fraction of sp³-hybridized carbons (Fsp3) is 0.750. The van der Waals surface area contributed by atoms with Gasteiger partial charge in [0, 0.05) is 30.9 Å². The summed E-state index contributed by atoms with van der Waals surface area (Å²) in [6.45, 7) is 7.98. The Bertz CT molecular complexity index is 900. The lowest BCUT2D eigenvalue weighted by molar-refractivity contribution is -0.143. The Hall–Kier alpha value is -1.60. The number of rotatable bonds is 7. The van der Waals surface area contributed by atoms with E-state index in [2.05, 4.69) is 9.97 Å². The first-order valence-electron chi connectivity index (χ1n) is 10.8. The standard InChI is InChI=1S/C20H32BN3O7S/c1-19(2)20(3,4)31-21(30-19)15-11-22-18(23-12-15)32(28,29)10-7-14-5-8-24(9-6-14)17(27)16(26)13-25/h11-12,14,16,25-26H,5-10,13H2,1-4H3. The number of aliphatic hydroxyl groups excluding tert-OH is 2. The van der Waals surface area contributed by atoms with Crippen molar-refractivity contribution in [2.24, 2.45) is 5.92 Å². The van der Waals surface area contributed by atoms with Gasteiger partial charge in [-0.15, -0.1) is 0 Å². The van der Waals surface area contributed by atoms with Gasteiger partial charge < -0.3 is 24.4 Å². The van der Waals surface area contributed by atoms with Gasteiger partial charge in [0.15, 0.2) is 6.10 Å². The molecule has 178 valence electrons. The Morgan fingerprint density at radius 2 is 1.72 bits per heavy atom. The zero-order valence-corrected chi connectivity index (χ0v) is 19.8. The van der Waals surface area contributed by atoms with Crippen molar-refractivity contribution >= 4 is 28.3 Å². The number of carbonyl (C=O) groups is 1. The highest BCUT2D eigenvalue weighted by atomic mass is 32.2. The first kappa shape index (κ1) is 25.0. The number of aliphatic hydroxyl groups is 2. The zero-order chi connectivity index (χ0) is 23.7. The van der Waals surface area contributed by atoms with E-state index in [0.717, 1.165) is 0 Å². The Kier molecular flexibility index (Phi) is 7.31. The molecule has 0 saturated carbocycles. The molecule has 1 atom stereocenters. The maximum atomic E-state index is 12.7. The van der Waals surface area contributed by atoms with Crippen LogP contribution in [0.25, 0.3) is 0 Å². The van der Waals surface area contributed by atoms with Gasteiger partial charge in [-0.25, -0.2) is 18.4 Å². The molecule has 1 aromatic rings. The number of piperidine rings is 1. The number of likely N-dealkylation sites (tertiary alicyclic amines) is 1. The molecule has 2 aliphatic heterocycles. The highest BCUT2D eigenvalue weighted by Gasteiger charge is 2.52. The van der Waals surface area contributed by atoms with Crippen LogP contribution in [0.4, 0.5) is 0 Å². The van der Waals surface area contributed by atoms with Crippen molar-refractivity contribution in [1.82, 2.24) is 14.9 Å². The second-order valence-electron chi connectivity index (χ2n) is 9.46. The molecular formula is C20H32BN3O7S. The summed E-state index contributed by atoms with van der Waals surface area (Å²) in [4.78, 5) is 21.5. The Morgan fingerprint density at radius 1 is 1.19 bits per heavy atom. The van der Waals surface area contributed by atoms with Crippen molar-refractivity contribution in [2.75, 3.05) is 25.4 Å². The van der Waals surface area contributed by atoms with E-state index in [0.29, 0.717) is 37.8 Å². The number of aromatic nitrogens is 2. The van der Waals surface area contributed by atoms with E-state index in [1.54, 1.807) is 0 Å². The molecule has 0 aliphatic carbocycles. The number of carbonyl (C=O) groups excluding carboxylic acids is 1. The second kappa shape index (κ2) is 9.34. The van der Waals surface area contributed by atoms with Crippen LogP contribution in [0.5, 0.6) is 0 Å². The average Bonchev–Trinajstić information content (AvgIpc) is 2.98. The fourth-order valence-corrected chi connectivity index (χ4v) is 4.98. The van der Waals surface area contributed by atoms with E-state index in [1.807, 2.05) is 27.7 Å². The third kappa shape index (κ3) is 5.31. The molecule has 0 aromatic carbocycles. The molecule has 2 N–H and O–H groups in total. The van der Waals surface area contributed by atoms with Gasteiger partial charge in [0.25, 0.3) is 5.91 Å². The molecule has 12 heteroatoms. The van der Waals surface area contributed by atoms with Gasteiger partial charge in [0.1, 0.15) is 0 Å². The Labute approximate surface area is 189 Å². The van der Waals surface area contributed by atoms with E-state index in [1.165, 1.54) is 17.3 Å². The van der Waals surface area contributed by atoms with Crippen LogP contribution in [0.1, 0.15) is 47.0 Å². The van der Waals surface area contributed by atoms with E-state index in [-0.39, 0.29) is 16.8 Å². The molecule has 3 rings (SSSR count). The van der Waals surface area contributed by atoms with Crippen molar-refractivity contribution in [3.05, 3.63) is 12.4 Å². The highest BCUT2D eigenvalue weighted by Crippen LogP contribution is 2.36. The van der Waals surface area contributed by atoms with Gasteiger partial charge in [-0.3, -0.25) is 4.79 Å². The van der Waals surface area contributed by atoms with Crippen LogP contribution in [0, 0.1) is 5.92 Å². The predicted octanol–water partition coefficient (Wildman–Crippen LogP) is -0.469. The van der Waals surface area contributed by atoms with Gasteiger partial charge in [-0.05, 0) is 52.9 Å². The van der Waals surface area contributed by atoms with Crippen LogP contribution in [-0.4, -0.2) is 89.3 Å². The van der Waals surface area contributed by atoms with Gasteiger partial charge in [0.05, 0.1) is 23.6 Å². The van der Waals surface area contributed by atoms with Gasteiger partial charge in [0.2, 0.25) is 15.0 Å². The zero-order valence-electron chi connectivity index (χ0n) is 19.0. The molecular weight excluding hydrogens is 437 g/mol. The first-order valence-corrected chi connectivity index (χ1v) is 12.5. The van der Waals surface area contributed by atoms with Gasteiger partial charge in [-0.2, -0.15) is 0 Å². The normalized spacial score (nSPS) is 22.2. The van der Waals surface area contributed by atoms with Crippen molar-refractivity contribution in [3.8, 4) is 0 Å². The van der Waals surface area contributed by atoms with E-state index >= 15 is 0 Å². The molecule has 2 saturated heterocycles. The number of hydrogen-bond acceptors (Lipinski definition) is 9. The summed E-state index contributed by atoms with van der Waals surface area (Å²) in [7, 11) is -4.31. The van der Waals surface area contributed by atoms with Crippen molar-refractivity contribution < 1.29 is 32.7 Å². The molecule has 2 aliphatic rings. The van der Waals surface area contributed by atoms with Crippen LogP contribution in [0.3, 0.4) is 0 Å². The summed E-state index contributed by atoms with van der Waals surface area (Å²) < 4.78 is 37.3. The van der Waals surface area contributed by atoms with Crippen molar-refractivity contribution in [1.29, 1.82) is 0 Å². The monoisotopic (exact) mass is 469 g/mol. The minimum absolute atomic E-state index is 0.0826. The quantitative estimate of drug-likeness (QED) is 0.401. The number of nitrogens with zero attached hydrogens (tertiary/aromatic N) is 3. The molecule has 0 bridgehead atoms. The summed E-state index contributed by atoms with van der Waals surface area (Å²) in [6, 6.07) is 0. The lowest BCUT2D eigenvalue weighted by Gasteiger charge is -2.32. The fourth-order valence-electron chi connectivity index (χ4n) is 3.73. The number of sulfone groups is 1. The predicted molar refractivity (Wildman–Crippen MR) is 117 cm³/mol. The summed E-state index contributed by atoms with van der Waals surface area (Å²) in [5.41, 5.74) is -0.470. The smallest absolute Gasteiger partial charge is 0.399 e. The molecule has 0 spiro atoms. The molecule has 1 aromatic heterocycles. The van der Waals surface area contributed by atoms with E-state index in [9.17, 15) is 18.3 Å². The van der Waals surface area contributed by atoms with E-state index in [4.69, 9.17) is 14.4 Å². The van der Waals surface area contributed by atoms with Crippen LogP contribution in [0.15, 0.2) is 17.6 Å². The van der Waals surface area contributed by atoms with Gasteiger partial charge in [-0.1, -0.05) is 0 Å². The van der Waals surface area contributed by atoms with E-state index < -0.39 is 46.8 Å². The molecule has 10 nitrogen and oxygen atoms in total. The summed E-state index contributed by atoms with van der Waals surface area (Å²) in [6.07, 6.45) is 3.18. The van der Waals surface area contributed by atoms with Crippen LogP contribution < -0.4 is 5.46 Å². The molecule has 1 amide bonds. The topological polar surface area (TPSA) is 139 Å². The Balaban J connectivity index is 1.54. The van der Waals surface area contributed by atoms with Gasteiger partial charge >= 0.3 is 7.12 Å². The van der Waals surface area contributed by atoms with Crippen LogP contribution in [-0.2, 0) is 23.9 Å². The minimum atomic E-state index is -3.65. The third-order valence-electron chi connectivity index (χ3n) is 6.63. The molecule has 3 heterocycles. The van der Waals surface area contributed by atoms with Crippen LogP contribution >= 0.6 is 0 Å². The SMILES string of the molecule is CC1(C)OB(c2cnc(S(=O)(=O)CCC3CCN(C(=O)C(O)CO)CC3)nc2)OC1(C)C. The lowest BCUT2D eigenvalue weighted by atomic mass is 9.81. The second-order valence-corrected chi connectivity index (χ2v) is 11.5. The van der Waals surface area contributed by atoms with Crippen LogP contribution in [0.2, 0.25) is 0 Å². The highest BCUT2D eigenvalue weighted by molar-refractivity contribution is 7.91. The van der Waals surface area contributed by atoms with Crippen molar-refractivity contribution in [3.63, 3.8) is 0 Å². The maximum Gasteiger partial charge on any atom is 0.498 e. The minimum Gasteiger partial charge on any atom is -0.399 e. The first-order chi connectivity index (χ1) is 14.9. The molecule has 32 heavy (non-hydrogen) atoms. The summed E-state index contributed by atoms with van der Waals surface area (Å²) in [5.74, 6) is -0.432. The number of hydrogen-bond donors (Lipinski definition) is 2. The summed E-state index contributed by atoms with van der Waals surface area (Å²) in [5, 5.41) is 18.1. The largest absolute Gasteiger partial charge is 0.498 e. The molecule has 1 unspecified atom stereocenters. The third-order valence-corrected chi connectivity index (χ3v) is 8.17. The van der Waals surface area contributed by atoms with Crippen molar-refractivity contribution in [2.45, 2.75) is 69.4 Å². The summed E-state index contributed by atoms with van der Waals surface area (Å²) >= 11 is 0.